The Kier molecular flexibility index (Phi) is 5.37. The van der Waals surface area contributed by atoms with E-state index in [1.807, 2.05) is 0 Å². The number of benzene rings is 3. The molecule has 0 saturated heterocycles. The second-order valence-corrected chi connectivity index (χ2v) is 7.76. The van der Waals surface area contributed by atoms with E-state index >= 15 is 0 Å². The fourth-order valence-corrected chi connectivity index (χ4v) is 4.11. The molecule has 148 valence electrons. The van der Waals surface area contributed by atoms with Crippen LogP contribution in [0.25, 0.3) is 0 Å². The lowest BCUT2D eigenvalue weighted by molar-refractivity contribution is 0.0474. The van der Waals surface area contributed by atoms with Crippen LogP contribution in [0.2, 0.25) is 5.02 Å². The number of esters is 1. The van der Waals surface area contributed by atoms with Crippen LogP contribution in [-0.2, 0) is 4.74 Å². The Morgan fingerprint density at radius 3 is 2.13 bits per heavy atom. The summed E-state index contributed by atoms with van der Waals surface area (Å²) in [6.45, 7) is -0.495. The summed E-state index contributed by atoms with van der Waals surface area (Å²) in [5, 5.41) is -0.168. The minimum Gasteiger partial charge on any atom is -0.454 e. The summed E-state index contributed by atoms with van der Waals surface area (Å²) in [4.78, 5) is 50.5. The Morgan fingerprint density at radius 1 is 0.800 bits per heavy atom. The smallest absolute Gasteiger partial charge is 0.340 e. The van der Waals surface area contributed by atoms with Gasteiger partial charge in [-0.1, -0.05) is 70.0 Å². The van der Waals surface area contributed by atoms with Gasteiger partial charge in [0, 0.05) is 26.7 Å². The molecule has 0 fully saturated rings. The Morgan fingerprint density at radius 2 is 1.43 bits per heavy atom. The highest BCUT2D eigenvalue weighted by molar-refractivity contribution is 9.10. The molecule has 0 bridgehead atoms. The number of ether oxygens (including phenoxy) is 1. The molecule has 0 spiro atoms. The molecule has 0 aliphatic heterocycles. The van der Waals surface area contributed by atoms with Crippen LogP contribution in [0.3, 0.4) is 0 Å². The van der Waals surface area contributed by atoms with Crippen LogP contribution in [0.1, 0.15) is 52.6 Å². The molecule has 5 nitrogen and oxygen atoms in total. The van der Waals surface area contributed by atoms with E-state index in [9.17, 15) is 19.2 Å². The Bertz CT molecular complexity index is 1250. The van der Waals surface area contributed by atoms with Crippen molar-refractivity contribution in [2.45, 2.75) is 0 Å². The van der Waals surface area contributed by atoms with E-state index in [1.165, 1.54) is 18.2 Å². The second kappa shape index (κ2) is 7.97. The van der Waals surface area contributed by atoms with E-state index in [0.717, 1.165) is 0 Å². The number of halogens is 2. The van der Waals surface area contributed by atoms with E-state index in [2.05, 4.69) is 15.9 Å². The van der Waals surface area contributed by atoms with Gasteiger partial charge in [0.2, 0.25) is 5.78 Å². The first-order valence-corrected chi connectivity index (χ1v) is 10.0. The summed E-state index contributed by atoms with van der Waals surface area (Å²) in [5.74, 6) is -2.04. The molecule has 0 radical (unpaired) electrons. The number of fused-ring (bicyclic) bond motifs is 2. The maximum Gasteiger partial charge on any atom is 0.340 e. The van der Waals surface area contributed by atoms with Gasteiger partial charge in [-0.25, -0.2) is 4.79 Å². The molecule has 0 heterocycles. The molecule has 30 heavy (non-hydrogen) atoms. The largest absolute Gasteiger partial charge is 0.454 e. The Labute approximate surface area is 184 Å². The van der Waals surface area contributed by atoms with Crippen molar-refractivity contribution in [2.24, 2.45) is 0 Å². The van der Waals surface area contributed by atoms with Crippen LogP contribution in [0, 0.1) is 0 Å². The Hall–Kier alpha value is -3.09. The molecule has 7 heteroatoms. The number of Topliss-reactive ketones (excluding diaryl/α,β-unsaturated/α-hetero) is 1. The van der Waals surface area contributed by atoms with Crippen molar-refractivity contribution in [3.63, 3.8) is 0 Å². The SMILES string of the molecule is O=C(COC(=O)c1ccc2c(c1Cl)C(=O)c1ccccc1C2=O)c1ccccc1Br. The Balaban J connectivity index is 1.61. The summed E-state index contributed by atoms with van der Waals surface area (Å²) < 4.78 is 5.70. The van der Waals surface area contributed by atoms with Gasteiger partial charge in [0.25, 0.3) is 0 Å². The summed E-state index contributed by atoms with van der Waals surface area (Å²) in [7, 11) is 0. The number of carbonyl (C=O) groups is 4. The van der Waals surface area contributed by atoms with E-state index in [-0.39, 0.29) is 33.1 Å². The van der Waals surface area contributed by atoms with E-state index in [4.69, 9.17) is 16.3 Å². The summed E-state index contributed by atoms with van der Waals surface area (Å²) in [5.41, 5.74) is 0.901. The first-order valence-electron chi connectivity index (χ1n) is 8.86. The molecule has 4 rings (SSSR count). The summed E-state index contributed by atoms with van der Waals surface area (Å²) >= 11 is 9.61. The van der Waals surface area contributed by atoms with E-state index in [1.54, 1.807) is 42.5 Å². The van der Waals surface area contributed by atoms with Gasteiger partial charge in [-0.05, 0) is 18.2 Å². The normalized spacial score (nSPS) is 12.2. The van der Waals surface area contributed by atoms with Gasteiger partial charge in [0.05, 0.1) is 16.1 Å². The van der Waals surface area contributed by atoms with Gasteiger partial charge < -0.3 is 4.74 Å². The maximum absolute atomic E-state index is 12.9. The molecule has 3 aromatic rings. The van der Waals surface area contributed by atoms with Crippen molar-refractivity contribution in [1.29, 1.82) is 0 Å². The zero-order valence-electron chi connectivity index (χ0n) is 15.3. The summed E-state index contributed by atoms with van der Waals surface area (Å²) in [6, 6.07) is 15.9. The third-order valence-corrected chi connectivity index (χ3v) is 5.84. The minimum absolute atomic E-state index is 0.0352. The summed E-state index contributed by atoms with van der Waals surface area (Å²) in [6.07, 6.45) is 0. The monoisotopic (exact) mass is 482 g/mol. The first-order chi connectivity index (χ1) is 14.4. The number of ketones is 3. The number of hydrogen-bond donors (Lipinski definition) is 0. The zero-order valence-corrected chi connectivity index (χ0v) is 17.6. The van der Waals surface area contributed by atoms with Crippen LogP contribution in [0.4, 0.5) is 0 Å². The average Bonchev–Trinajstić information content (AvgIpc) is 2.75. The van der Waals surface area contributed by atoms with Crippen LogP contribution in [-0.4, -0.2) is 29.9 Å². The van der Waals surface area contributed by atoms with Crippen LogP contribution < -0.4 is 0 Å². The van der Waals surface area contributed by atoms with Gasteiger partial charge in [-0.15, -0.1) is 0 Å². The molecule has 1 aliphatic rings. The first kappa shape index (κ1) is 20.2. The van der Waals surface area contributed by atoms with Gasteiger partial charge in [-0.3, -0.25) is 14.4 Å². The van der Waals surface area contributed by atoms with Crippen LogP contribution in [0.15, 0.2) is 65.1 Å². The lowest BCUT2D eigenvalue weighted by atomic mass is 9.83. The molecule has 0 saturated carbocycles. The second-order valence-electron chi connectivity index (χ2n) is 6.53. The molecular weight excluding hydrogens is 472 g/mol. The zero-order chi connectivity index (χ0) is 21.4. The quantitative estimate of drug-likeness (QED) is 0.304. The lowest BCUT2D eigenvalue weighted by Crippen LogP contribution is -2.23. The highest BCUT2D eigenvalue weighted by Crippen LogP contribution is 2.34. The van der Waals surface area contributed by atoms with Gasteiger partial charge in [0.15, 0.2) is 18.2 Å². The maximum atomic E-state index is 12.9. The molecule has 0 N–H and O–H groups in total. The molecule has 0 amide bonds. The molecule has 0 aromatic heterocycles. The fourth-order valence-electron chi connectivity index (χ4n) is 3.28. The van der Waals surface area contributed by atoms with Crippen molar-refractivity contribution in [1.82, 2.24) is 0 Å². The predicted molar refractivity (Wildman–Crippen MR) is 114 cm³/mol. The van der Waals surface area contributed by atoms with Crippen molar-refractivity contribution < 1.29 is 23.9 Å². The minimum atomic E-state index is -0.859. The van der Waals surface area contributed by atoms with Crippen LogP contribution >= 0.6 is 27.5 Å². The molecule has 0 unspecified atom stereocenters. The third-order valence-electron chi connectivity index (χ3n) is 4.76. The van der Waals surface area contributed by atoms with Gasteiger partial charge in [-0.2, -0.15) is 0 Å². The van der Waals surface area contributed by atoms with E-state index in [0.29, 0.717) is 15.6 Å². The van der Waals surface area contributed by atoms with Crippen molar-refractivity contribution in [2.75, 3.05) is 6.61 Å². The number of rotatable bonds is 4. The standard InChI is InChI=1S/C23H12BrClO5/c24-17-8-4-3-7-14(17)18(26)11-30-23(29)16-10-9-15-19(20(16)25)22(28)13-6-2-1-5-12(13)21(15)27/h1-10H,11H2. The number of carbonyl (C=O) groups excluding carboxylic acids is 4. The topological polar surface area (TPSA) is 77.5 Å². The van der Waals surface area contributed by atoms with Crippen LogP contribution in [0.5, 0.6) is 0 Å². The van der Waals surface area contributed by atoms with E-state index < -0.39 is 24.1 Å². The predicted octanol–water partition coefficient (Wildman–Crippen LogP) is 4.92. The average molecular weight is 484 g/mol. The van der Waals surface area contributed by atoms with Crippen molar-refractivity contribution >= 4 is 50.8 Å². The fraction of sp³-hybridized carbons (Fsp3) is 0.0435. The molecule has 1 aliphatic carbocycles. The lowest BCUT2D eigenvalue weighted by Gasteiger charge is -2.19. The molecular formula is C23H12BrClO5. The van der Waals surface area contributed by atoms with Crippen molar-refractivity contribution in [3.8, 4) is 0 Å². The van der Waals surface area contributed by atoms with Crippen molar-refractivity contribution in [3.05, 3.63) is 104 Å². The highest BCUT2D eigenvalue weighted by atomic mass is 79.9. The van der Waals surface area contributed by atoms with Gasteiger partial charge >= 0.3 is 5.97 Å². The third kappa shape index (κ3) is 3.38. The van der Waals surface area contributed by atoms with Gasteiger partial charge in [0.1, 0.15) is 0 Å². The molecule has 3 aromatic carbocycles. The highest BCUT2D eigenvalue weighted by Gasteiger charge is 2.33. The molecule has 0 atom stereocenters. The number of hydrogen-bond acceptors (Lipinski definition) is 5.